The van der Waals surface area contributed by atoms with Gasteiger partial charge in [-0.25, -0.2) is 4.39 Å². The maximum absolute atomic E-state index is 14.5. The summed E-state index contributed by atoms with van der Waals surface area (Å²) in [5, 5.41) is 11.2. The predicted octanol–water partition coefficient (Wildman–Crippen LogP) is 4.94. The third-order valence-corrected chi connectivity index (χ3v) is 6.85. The number of ether oxygens (including phenoxy) is 1. The first-order valence-electron chi connectivity index (χ1n) is 13.6. The van der Waals surface area contributed by atoms with E-state index in [0.29, 0.717) is 58.5 Å². The lowest BCUT2D eigenvalue weighted by Crippen LogP contribution is -2.46. The number of aldehydes is 1. The molecule has 1 amide bonds. The maximum atomic E-state index is 14.5. The van der Waals surface area contributed by atoms with Crippen LogP contribution in [-0.2, 0) is 16.8 Å². The summed E-state index contributed by atoms with van der Waals surface area (Å²) in [6, 6.07) is 10.2. The van der Waals surface area contributed by atoms with E-state index in [-0.39, 0.29) is 17.9 Å². The number of amides is 1. The Bertz CT molecular complexity index is 1520. The van der Waals surface area contributed by atoms with E-state index < -0.39 is 5.82 Å². The lowest BCUT2D eigenvalue weighted by Gasteiger charge is -2.27. The van der Waals surface area contributed by atoms with Crippen molar-refractivity contribution in [2.75, 3.05) is 38.5 Å². The van der Waals surface area contributed by atoms with Crippen molar-refractivity contribution in [3.8, 4) is 11.5 Å². The van der Waals surface area contributed by atoms with E-state index in [1.807, 2.05) is 29.0 Å². The van der Waals surface area contributed by atoms with Crippen LogP contribution < -0.4 is 15.4 Å². The molecule has 1 aliphatic heterocycles. The Hall–Kier alpha value is -4.31. The monoisotopic (exact) mass is 560 g/mol. The fourth-order valence-corrected chi connectivity index (χ4v) is 4.41. The van der Waals surface area contributed by atoms with Gasteiger partial charge in [0.25, 0.3) is 5.91 Å². The zero-order valence-electron chi connectivity index (χ0n) is 24.2. The van der Waals surface area contributed by atoms with Gasteiger partial charge in [0.1, 0.15) is 23.6 Å². The number of benzene rings is 2. The second kappa shape index (κ2) is 12.9. The Balaban J connectivity index is 0.000000296. The number of anilines is 1. The number of halogens is 1. The average Bonchev–Trinajstić information content (AvgIpc) is 3.48. The highest BCUT2D eigenvalue weighted by molar-refractivity contribution is 5.99. The van der Waals surface area contributed by atoms with Gasteiger partial charge < -0.3 is 25.1 Å². The van der Waals surface area contributed by atoms with Crippen molar-refractivity contribution in [2.24, 2.45) is 0 Å². The first kappa shape index (κ1) is 29.7. The van der Waals surface area contributed by atoms with Gasteiger partial charge in [0.05, 0.1) is 22.9 Å². The largest absolute Gasteiger partial charge is 0.456 e. The van der Waals surface area contributed by atoms with Crippen LogP contribution in [0, 0.1) is 12.7 Å². The summed E-state index contributed by atoms with van der Waals surface area (Å²) in [6.45, 7) is 10.9. The molecule has 1 aliphatic rings. The minimum atomic E-state index is -0.451. The molecule has 1 fully saturated rings. The number of pyridine rings is 1. The summed E-state index contributed by atoms with van der Waals surface area (Å²) in [4.78, 5) is 29.8. The number of nitrogens with zero attached hydrogens (tertiary/aromatic N) is 4. The van der Waals surface area contributed by atoms with Crippen LogP contribution in [0.2, 0.25) is 0 Å². The highest BCUT2D eigenvalue weighted by Gasteiger charge is 2.19. The second-order valence-corrected chi connectivity index (χ2v) is 10.8. The molecule has 0 atom stereocenters. The van der Waals surface area contributed by atoms with Gasteiger partial charge >= 0.3 is 0 Å². The third kappa shape index (κ3) is 7.07. The molecule has 0 radical (unpaired) electrons. The van der Waals surface area contributed by atoms with E-state index in [9.17, 15) is 14.0 Å². The molecule has 41 heavy (non-hydrogen) atoms. The van der Waals surface area contributed by atoms with Crippen molar-refractivity contribution in [1.29, 1.82) is 0 Å². The Morgan fingerprint density at radius 1 is 1.15 bits per heavy atom. The SMILES string of the molecule is CNc1cnn(C(C)(C)C)c1.Cc1c(Oc2ccnc3ccc(C(=O)N4CCNCC4)cc23)ccc(CC=O)c1F. The Morgan fingerprint density at radius 3 is 2.54 bits per heavy atom. The van der Waals surface area contributed by atoms with E-state index in [2.05, 4.69) is 41.5 Å². The third-order valence-electron chi connectivity index (χ3n) is 6.85. The summed E-state index contributed by atoms with van der Waals surface area (Å²) in [6.07, 6.45) is 6.13. The van der Waals surface area contributed by atoms with Crippen molar-refractivity contribution >= 4 is 28.8 Å². The number of aromatic nitrogens is 3. The molecule has 0 unspecified atom stereocenters. The molecule has 0 aliphatic carbocycles. The van der Waals surface area contributed by atoms with E-state index in [1.165, 1.54) is 0 Å². The van der Waals surface area contributed by atoms with Crippen molar-refractivity contribution in [3.05, 3.63) is 77.5 Å². The van der Waals surface area contributed by atoms with Crippen molar-refractivity contribution in [1.82, 2.24) is 25.0 Å². The summed E-state index contributed by atoms with van der Waals surface area (Å²) in [5.41, 5.74) is 3.03. The number of hydrogen-bond acceptors (Lipinski definition) is 7. The molecular weight excluding hydrogens is 523 g/mol. The number of fused-ring (bicyclic) bond motifs is 1. The molecular formula is C31H37FN6O3. The standard InChI is InChI=1S/C23H22FN3O3.C8H15N3/c1-15-20(5-3-16(7-13-28)22(15)24)30-21-6-8-26-19-4-2-17(14-18(19)21)23(29)27-11-9-25-10-12-27;1-8(2,3)11-6-7(9-4)5-10-11/h2-6,8,13-14,25H,7,9-12H2,1H3;5-6,9H,1-4H3. The smallest absolute Gasteiger partial charge is 0.253 e. The molecule has 0 spiro atoms. The van der Waals surface area contributed by atoms with E-state index in [0.717, 1.165) is 18.8 Å². The molecule has 3 heterocycles. The number of carbonyl (C=O) groups excluding carboxylic acids is 2. The molecule has 10 heteroatoms. The van der Waals surface area contributed by atoms with Crippen LogP contribution in [0.4, 0.5) is 10.1 Å². The van der Waals surface area contributed by atoms with Crippen LogP contribution in [0.3, 0.4) is 0 Å². The summed E-state index contributed by atoms with van der Waals surface area (Å²) in [5.74, 6) is 0.357. The van der Waals surface area contributed by atoms with E-state index >= 15 is 0 Å². The Kier molecular flexibility index (Phi) is 9.34. The molecule has 2 N–H and O–H groups in total. The average molecular weight is 561 g/mol. The van der Waals surface area contributed by atoms with Gasteiger partial charge in [0.15, 0.2) is 0 Å². The van der Waals surface area contributed by atoms with Crippen LogP contribution in [0.15, 0.2) is 55.0 Å². The lowest BCUT2D eigenvalue weighted by molar-refractivity contribution is -0.107. The number of hydrogen-bond donors (Lipinski definition) is 2. The molecule has 216 valence electrons. The highest BCUT2D eigenvalue weighted by atomic mass is 19.1. The molecule has 0 saturated carbocycles. The lowest BCUT2D eigenvalue weighted by atomic mass is 10.1. The van der Waals surface area contributed by atoms with Crippen LogP contribution in [-0.4, -0.2) is 65.1 Å². The maximum Gasteiger partial charge on any atom is 0.253 e. The van der Waals surface area contributed by atoms with Gasteiger partial charge in [0.2, 0.25) is 0 Å². The molecule has 2 aromatic carbocycles. The number of nitrogens with one attached hydrogen (secondary N) is 2. The molecule has 2 aromatic heterocycles. The van der Waals surface area contributed by atoms with Crippen molar-refractivity contribution in [3.63, 3.8) is 0 Å². The topological polar surface area (TPSA) is 101 Å². The number of rotatable bonds is 6. The van der Waals surface area contributed by atoms with Crippen molar-refractivity contribution in [2.45, 2.75) is 39.7 Å². The van der Waals surface area contributed by atoms with Gasteiger partial charge in [0, 0.05) is 68.6 Å². The van der Waals surface area contributed by atoms with Crippen LogP contribution >= 0.6 is 0 Å². The van der Waals surface area contributed by atoms with Gasteiger partial charge in [-0.05, 0) is 63.6 Å². The molecule has 5 rings (SSSR count). The van der Waals surface area contributed by atoms with E-state index in [4.69, 9.17) is 4.74 Å². The second-order valence-electron chi connectivity index (χ2n) is 10.8. The predicted molar refractivity (Wildman–Crippen MR) is 158 cm³/mol. The fourth-order valence-electron chi connectivity index (χ4n) is 4.41. The van der Waals surface area contributed by atoms with Gasteiger partial charge in [-0.2, -0.15) is 5.10 Å². The Labute approximate surface area is 239 Å². The normalized spacial score (nSPS) is 13.4. The minimum Gasteiger partial charge on any atom is -0.456 e. The number of carbonyl (C=O) groups is 2. The quantitative estimate of drug-likeness (QED) is 0.322. The Morgan fingerprint density at radius 2 is 1.90 bits per heavy atom. The summed E-state index contributed by atoms with van der Waals surface area (Å²) >= 11 is 0. The first-order chi connectivity index (χ1) is 19.6. The minimum absolute atomic E-state index is 0.0165. The van der Waals surface area contributed by atoms with Crippen molar-refractivity contribution < 1.29 is 18.7 Å². The zero-order chi connectivity index (χ0) is 29.6. The van der Waals surface area contributed by atoms with Crippen LogP contribution in [0.1, 0.15) is 42.3 Å². The molecule has 9 nitrogen and oxygen atoms in total. The highest BCUT2D eigenvalue weighted by Crippen LogP contribution is 2.33. The van der Waals surface area contributed by atoms with Crippen LogP contribution in [0.25, 0.3) is 10.9 Å². The fraction of sp³-hybridized carbons (Fsp3) is 0.355. The summed E-state index contributed by atoms with van der Waals surface area (Å²) in [7, 11) is 1.89. The zero-order valence-corrected chi connectivity index (χ0v) is 24.2. The molecule has 0 bridgehead atoms. The van der Waals surface area contributed by atoms with Crippen LogP contribution in [0.5, 0.6) is 11.5 Å². The summed E-state index contributed by atoms with van der Waals surface area (Å²) < 4.78 is 22.5. The van der Waals surface area contributed by atoms with E-state index in [1.54, 1.807) is 49.5 Å². The first-order valence-corrected chi connectivity index (χ1v) is 13.6. The van der Waals surface area contributed by atoms with Gasteiger partial charge in [-0.3, -0.25) is 14.5 Å². The molecule has 1 saturated heterocycles. The van der Waals surface area contributed by atoms with Gasteiger partial charge in [-0.1, -0.05) is 6.07 Å². The van der Waals surface area contributed by atoms with Gasteiger partial charge in [-0.15, -0.1) is 0 Å². The molecule has 4 aromatic rings. The number of piperazine rings is 1.